The van der Waals surface area contributed by atoms with Gasteiger partial charge >= 0.3 is 0 Å². The first-order valence-corrected chi connectivity index (χ1v) is 5.32. The fourth-order valence-electron chi connectivity index (χ4n) is 1.59. The lowest BCUT2D eigenvalue weighted by atomic mass is 10.1. The molecule has 0 spiro atoms. The Morgan fingerprint density at radius 2 is 2.19 bits per heavy atom. The van der Waals surface area contributed by atoms with Crippen molar-refractivity contribution in [1.82, 2.24) is 9.97 Å². The van der Waals surface area contributed by atoms with Gasteiger partial charge in [0, 0.05) is 11.8 Å². The van der Waals surface area contributed by atoms with Crippen LogP contribution in [0.1, 0.15) is 5.69 Å². The van der Waals surface area contributed by atoms with Gasteiger partial charge in [0.25, 0.3) is 0 Å². The Kier molecular flexibility index (Phi) is 3.22. The van der Waals surface area contributed by atoms with Gasteiger partial charge in [0.2, 0.25) is 5.28 Å². The molecule has 2 N–H and O–H groups in total. The maximum atomic E-state index is 5.84. The van der Waals surface area contributed by atoms with E-state index in [0.29, 0.717) is 13.0 Å². The van der Waals surface area contributed by atoms with Crippen LogP contribution >= 0.6 is 11.6 Å². The minimum atomic E-state index is 0.251. The smallest absolute Gasteiger partial charge is 0.223 e. The van der Waals surface area contributed by atoms with Crippen molar-refractivity contribution in [3.05, 3.63) is 29.2 Å². The molecule has 0 amide bonds. The highest BCUT2D eigenvalue weighted by molar-refractivity contribution is 6.28. The maximum absolute atomic E-state index is 5.84. The summed E-state index contributed by atoms with van der Waals surface area (Å²) >= 11 is 5.84. The molecule has 0 fully saturated rings. The SMILES string of the molecule is COc1ccc2nc(Cl)nc(CCN)c2c1. The summed E-state index contributed by atoms with van der Waals surface area (Å²) < 4.78 is 5.17. The average Bonchev–Trinajstić information content (AvgIpc) is 2.29. The van der Waals surface area contributed by atoms with Crippen molar-refractivity contribution in [1.29, 1.82) is 0 Å². The molecule has 0 bridgehead atoms. The fourth-order valence-corrected chi connectivity index (χ4v) is 1.79. The molecule has 5 heteroatoms. The molecule has 1 heterocycles. The summed E-state index contributed by atoms with van der Waals surface area (Å²) in [5, 5.41) is 1.19. The van der Waals surface area contributed by atoms with Gasteiger partial charge in [-0.05, 0) is 36.3 Å². The topological polar surface area (TPSA) is 61.0 Å². The fraction of sp³-hybridized carbons (Fsp3) is 0.273. The first kappa shape index (κ1) is 11.1. The van der Waals surface area contributed by atoms with Gasteiger partial charge in [-0.15, -0.1) is 0 Å². The highest BCUT2D eigenvalue weighted by Crippen LogP contribution is 2.23. The van der Waals surface area contributed by atoms with E-state index in [4.69, 9.17) is 22.1 Å². The number of rotatable bonds is 3. The van der Waals surface area contributed by atoms with Crippen LogP contribution < -0.4 is 10.5 Å². The third-order valence-electron chi connectivity index (χ3n) is 2.34. The molecule has 0 radical (unpaired) electrons. The third-order valence-corrected chi connectivity index (χ3v) is 2.50. The molecule has 16 heavy (non-hydrogen) atoms. The van der Waals surface area contributed by atoms with Crippen molar-refractivity contribution in [2.75, 3.05) is 13.7 Å². The van der Waals surface area contributed by atoms with Gasteiger partial charge in [0.1, 0.15) is 5.75 Å². The molecule has 1 aromatic carbocycles. The molecule has 0 aliphatic carbocycles. The molecule has 2 rings (SSSR count). The zero-order chi connectivity index (χ0) is 11.5. The van der Waals surface area contributed by atoms with Crippen molar-refractivity contribution in [3.63, 3.8) is 0 Å². The number of nitrogens with zero attached hydrogens (tertiary/aromatic N) is 2. The van der Waals surface area contributed by atoms with E-state index in [1.54, 1.807) is 7.11 Å². The first-order chi connectivity index (χ1) is 7.74. The van der Waals surface area contributed by atoms with Crippen molar-refractivity contribution in [2.45, 2.75) is 6.42 Å². The van der Waals surface area contributed by atoms with Crippen LogP contribution in [0.4, 0.5) is 0 Å². The standard InChI is InChI=1S/C11H12ClN3O/c1-16-7-2-3-9-8(6-7)10(4-5-13)15-11(12)14-9/h2-3,6H,4-5,13H2,1H3. The molecule has 4 nitrogen and oxygen atoms in total. The van der Waals surface area contributed by atoms with Crippen LogP contribution in [0.2, 0.25) is 5.28 Å². The van der Waals surface area contributed by atoms with Crippen molar-refractivity contribution < 1.29 is 4.74 Å². The van der Waals surface area contributed by atoms with E-state index in [1.807, 2.05) is 18.2 Å². The highest BCUT2D eigenvalue weighted by Gasteiger charge is 2.07. The molecular formula is C11H12ClN3O. The highest BCUT2D eigenvalue weighted by atomic mass is 35.5. The molecule has 0 saturated carbocycles. The largest absolute Gasteiger partial charge is 0.497 e. The number of halogens is 1. The van der Waals surface area contributed by atoms with E-state index < -0.39 is 0 Å². The first-order valence-electron chi connectivity index (χ1n) is 4.95. The van der Waals surface area contributed by atoms with Crippen LogP contribution in [-0.4, -0.2) is 23.6 Å². The molecule has 2 aromatic rings. The van der Waals surface area contributed by atoms with E-state index in [-0.39, 0.29) is 5.28 Å². The van der Waals surface area contributed by atoms with Crippen LogP contribution in [-0.2, 0) is 6.42 Å². The number of hydrogen-bond donors (Lipinski definition) is 1. The molecule has 1 aromatic heterocycles. The van der Waals surface area contributed by atoms with E-state index in [0.717, 1.165) is 22.3 Å². The number of fused-ring (bicyclic) bond motifs is 1. The van der Waals surface area contributed by atoms with E-state index in [2.05, 4.69) is 9.97 Å². The van der Waals surface area contributed by atoms with Gasteiger partial charge in [0.05, 0.1) is 18.3 Å². The van der Waals surface area contributed by atoms with Gasteiger partial charge < -0.3 is 10.5 Å². The van der Waals surface area contributed by atoms with E-state index >= 15 is 0 Å². The number of aromatic nitrogens is 2. The van der Waals surface area contributed by atoms with Gasteiger partial charge in [-0.25, -0.2) is 9.97 Å². The number of nitrogens with two attached hydrogens (primary N) is 1. The zero-order valence-electron chi connectivity index (χ0n) is 8.90. The summed E-state index contributed by atoms with van der Waals surface area (Å²) in [7, 11) is 1.63. The van der Waals surface area contributed by atoms with Crippen molar-refractivity contribution in [2.24, 2.45) is 5.73 Å². The quantitative estimate of drug-likeness (QED) is 0.827. The predicted octanol–water partition coefficient (Wildman–Crippen LogP) is 1.79. The summed E-state index contributed by atoms with van der Waals surface area (Å²) in [6.45, 7) is 0.527. The lowest BCUT2D eigenvalue weighted by Gasteiger charge is -2.06. The summed E-state index contributed by atoms with van der Waals surface area (Å²) in [6.07, 6.45) is 0.673. The monoisotopic (exact) mass is 237 g/mol. The maximum Gasteiger partial charge on any atom is 0.223 e. The van der Waals surface area contributed by atoms with Gasteiger partial charge in [-0.1, -0.05) is 0 Å². The molecule has 0 unspecified atom stereocenters. The van der Waals surface area contributed by atoms with Crippen LogP contribution in [0, 0.1) is 0 Å². The molecule has 0 aliphatic heterocycles. The second-order valence-corrected chi connectivity index (χ2v) is 3.70. The molecular weight excluding hydrogens is 226 g/mol. The summed E-state index contributed by atoms with van der Waals surface area (Å²) in [4.78, 5) is 8.34. The van der Waals surface area contributed by atoms with Gasteiger partial charge in [-0.3, -0.25) is 0 Å². The Morgan fingerprint density at radius 3 is 2.88 bits per heavy atom. The van der Waals surface area contributed by atoms with Crippen LogP contribution in [0.25, 0.3) is 10.9 Å². The number of ether oxygens (including phenoxy) is 1. The Balaban J connectivity index is 2.65. The number of benzene rings is 1. The summed E-state index contributed by atoms with van der Waals surface area (Å²) in [5.74, 6) is 0.775. The average molecular weight is 238 g/mol. The summed E-state index contributed by atoms with van der Waals surface area (Å²) in [6, 6.07) is 5.61. The summed E-state index contributed by atoms with van der Waals surface area (Å²) in [5.41, 5.74) is 7.20. The van der Waals surface area contributed by atoms with Crippen LogP contribution in [0.3, 0.4) is 0 Å². The number of hydrogen-bond acceptors (Lipinski definition) is 4. The zero-order valence-corrected chi connectivity index (χ0v) is 9.66. The Morgan fingerprint density at radius 1 is 1.38 bits per heavy atom. The lowest BCUT2D eigenvalue weighted by Crippen LogP contribution is -2.06. The van der Waals surface area contributed by atoms with E-state index in [9.17, 15) is 0 Å². The molecule has 84 valence electrons. The van der Waals surface area contributed by atoms with Gasteiger partial charge in [0.15, 0.2) is 0 Å². The lowest BCUT2D eigenvalue weighted by molar-refractivity contribution is 0.415. The number of methoxy groups -OCH3 is 1. The van der Waals surface area contributed by atoms with Crippen LogP contribution in [0.5, 0.6) is 5.75 Å². The minimum Gasteiger partial charge on any atom is -0.497 e. The second-order valence-electron chi connectivity index (χ2n) is 3.36. The Labute approximate surface area is 98.4 Å². The van der Waals surface area contributed by atoms with Crippen molar-refractivity contribution in [3.8, 4) is 5.75 Å². The minimum absolute atomic E-state index is 0.251. The van der Waals surface area contributed by atoms with Crippen molar-refractivity contribution >= 4 is 22.5 Å². The van der Waals surface area contributed by atoms with E-state index in [1.165, 1.54) is 0 Å². The Bertz CT molecular complexity index is 516. The van der Waals surface area contributed by atoms with Gasteiger partial charge in [-0.2, -0.15) is 0 Å². The predicted molar refractivity (Wildman–Crippen MR) is 63.9 cm³/mol. The Hall–Kier alpha value is -1.39. The molecule has 0 atom stereocenters. The van der Waals surface area contributed by atoms with Crippen LogP contribution in [0.15, 0.2) is 18.2 Å². The third kappa shape index (κ3) is 2.08. The second kappa shape index (κ2) is 4.63. The normalized spacial score (nSPS) is 10.7. The molecule has 0 aliphatic rings. The molecule has 0 saturated heterocycles.